The van der Waals surface area contributed by atoms with Crippen LogP contribution in [0.1, 0.15) is 19.4 Å². The fourth-order valence-corrected chi connectivity index (χ4v) is 3.53. The number of anilines is 2. The number of nitrogens with zero attached hydrogens (tertiary/aromatic N) is 1. The van der Waals surface area contributed by atoms with Crippen LogP contribution in [0.3, 0.4) is 0 Å². The second-order valence-electron chi connectivity index (χ2n) is 4.89. The third-order valence-corrected chi connectivity index (χ3v) is 5.04. The minimum absolute atomic E-state index is 0.695. The predicted octanol–water partition coefficient (Wildman–Crippen LogP) is 5.34. The Balaban J connectivity index is 2.03. The van der Waals surface area contributed by atoms with Gasteiger partial charge in [-0.15, -0.1) is 0 Å². The molecule has 0 aliphatic rings. The number of para-hydroxylation sites is 1. The molecule has 0 radical (unpaired) electrons. The average molecular weight is 317 g/mol. The maximum absolute atomic E-state index is 5.67. The molecule has 0 spiro atoms. The quantitative estimate of drug-likeness (QED) is 0.613. The van der Waals surface area contributed by atoms with Crippen molar-refractivity contribution in [3.8, 4) is 0 Å². The summed E-state index contributed by atoms with van der Waals surface area (Å²) in [6.45, 7) is 5.40. The Labute approximate surface area is 134 Å². The van der Waals surface area contributed by atoms with Crippen molar-refractivity contribution in [1.82, 2.24) is 0 Å². The Hall–Kier alpha value is -1.41. The van der Waals surface area contributed by atoms with Crippen molar-refractivity contribution in [1.29, 1.82) is 0 Å². The zero-order valence-corrected chi connectivity index (χ0v) is 14.4. The molecule has 0 fully saturated rings. The van der Waals surface area contributed by atoms with Gasteiger partial charge in [0.15, 0.2) is 8.38 Å². The van der Waals surface area contributed by atoms with Crippen molar-refractivity contribution in [2.75, 3.05) is 25.2 Å². The van der Waals surface area contributed by atoms with E-state index in [1.807, 2.05) is 19.9 Å². The van der Waals surface area contributed by atoms with Crippen molar-refractivity contribution in [2.45, 2.75) is 20.0 Å². The van der Waals surface area contributed by atoms with Gasteiger partial charge in [-0.05, 0) is 43.7 Å². The first-order chi connectivity index (χ1) is 10.7. The van der Waals surface area contributed by atoms with E-state index in [1.165, 1.54) is 16.9 Å². The summed E-state index contributed by atoms with van der Waals surface area (Å²) in [5.41, 5.74) is 3.60. The van der Waals surface area contributed by atoms with Crippen molar-refractivity contribution in [3.63, 3.8) is 0 Å². The summed E-state index contributed by atoms with van der Waals surface area (Å²) >= 11 is 0. The van der Waals surface area contributed by atoms with Crippen LogP contribution in [0.5, 0.6) is 0 Å². The van der Waals surface area contributed by atoms with Gasteiger partial charge in [0.1, 0.15) is 0 Å². The van der Waals surface area contributed by atoms with E-state index in [4.69, 9.17) is 9.05 Å². The van der Waals surface area contributed by atoms with Gasteiger partial charge in [-0.3, -0.25) is 0 Å². The standard InChI is InChI=1S/C18H24NO2P/c1-4-20-22(21-5-2)15-16-11-13-18(14-12-16)19(3)17-9-7-6-8-10-17/h6-14H,4-5,15H2,1-3H3. The van der Waals surface area contributed by atoms with Crippen molar-refractivity contribution >= 4 is 19.8 Å². The summed E-state index contributed by atoms with van der Waals surface area (Å²) in [6.07, 6.45) is 0.840. The minimum atomic E-state index is -0.820. The molecule has 0 saturated heterocycles. The molecule has 0 heterocycles. The Morgan fingerprint density at radius 1 is 0.818 bits per heavy atom. The highest BCUT2D eigenvalue weighted by Gasteiger charge is 2.11. The summed E-state index contributed by atoms with van der Waals surface area (Å²) in [5.74, 6) is 0. The molecule has 0 unspecified atom stereocenters. The zero-order valence-electron chi connectivity index (χ0n) is 13.5. The maximum Gasteiger partial charge on any atom is 0.175 e. The molecule has 0 aromatic heterocycles. The molecule has 0 atom stereocenters. The van der Waals surface area contributed by atoms with Crippen molar-refractivity contribution in [3.05, 3.63) is 60.2 Å². The van der Waals surface area contributed by atoms with Gasteiger partial charge in [0.25, 0.3) is 0 Å². The van der Waals surface area contributed by atoms with Crippen LogP contribution in [0.2, 0.25) is 0 Å². The zero-order chi connectivity index (χ0) is 15.8. The van der Waals surface area contributed by atoms with Crippen LogP contribution in [-0.2, 0) is 15.2 Å². The normalized spacial score (nSPS) is 10.9. The monoisotopic (exact) mass is 317 g/mol. The van der Waals surface area contributed by atoms with E-state index in [0.29, 0.717) is 13.2 Å². The summed E-state index contributed by atoms with van der Waals surface area (Å²) < 4.78 is 11.3. The lowest BCUT2D eigenvalue weighted by Crippen LogP contribution is -2.08. The number of hydrogen-bond donors (Lipinski definition) is 0. The molecular weight excluding hydrogens is 293 g/mol. The third-order valence-electron chi connectivity index (χ3n) is 3.32. The Morgan fingerprint density at radius 3 is 1.91 bits per heavy atom. The van der Waals surface area contributed by atoms with E-state index in [0.717, 1.165) is 6.16 Å². The van der Waals surface area contributed by atoms with E-state index in [1.54, 1.807) is 0 Å². The molecule has 22 heavy (non-hydrogen) atoms. The first-order valence-electron chi connectivity index (χ1n) is 7.65. The number of benzene rings is 2. The van der Waals surface area contributed by atoms with Gasteiger partial charge >= 0.3 is 0 Å². The second-order valence-corrected chi connectivity index (χ2v) is 6.39. The average Bonchev–Trinajstić information content (AvgIpc) is 2.56. The Kier molecular flexibility index (Phi) is 6.85. The van der Waals surface area contributed by atoms with E-state index in [2.05, 4.69) is 60.5 Å². The molecule has 2 aromatic rings. The third kappa shape index (κ3) is 4.81. The fourth-order valence-electron chi connectivity index (χ4n) is 2.19. The second kappa shape index (κ2) is 8.89. The molecule has 0 aliphatic carbocycles. The summed E-state index contributed by atoms with van der Waals surface area (Å²) in [5, 5.41) is 0. The van der Waals surface area contributed by atoms with Crippen LogP contribution in [0.4, 0.5) is 11.4 Å². The van der Waals surface area contributed by atoms with Crippen LogP contribution in [0, 0.1) is 0 Å². The van der Waals surface area contributed by atoms with Gasteiger partial charge in [-0.1, -0.05) is 30.3 Å². The van der Waals surface area contributed by atoms with E-state index >= 15 is 0 Å². The lowest BCUT2D eigenvalue weighted by molar-refractivity contribution is 0.268. The highest BCUT2D eigenvalue weighted by Crippen LogP contribution is 2.42. The molecule has 4 heteroatoms. The van der Waals surface area contributed by atoms with Crippen LogP contribution in [-0.4, -0.2) is 20.3 Å². The molecule has 3 nitrogen and oxygen atoms in total. The van der Waals surface area contributed by atoms with Gasteiger partial charge in [0.05, 0.1) is 13.2 Å². The molecule has 0 amide bonds. The molecule has 2 aromatic carbocycles. The van der Waals surface area contributed by atoms with Crippen LogP contribution < -0.4 is 4.90 Å². The molecule has 0 N–H and O–H groups in total. The minimum Gasteiger partial charge on any atom is -0.345 e. The Morgan fingerprint density at radius 2 is 1.36 bits per heavy atom. The first kappa shape index (κ1) is 17.0. The highest BCUT2D eigenvalue weighted by molar-refractivity contribution is 7.46. The van der Waals surface area contributed by atoms with Gasteiger partial charge in [0, 0.05) is 24.6 Å². The predicted molar refractivity (Wildman–Crippen MR) is 94.8 cm³/mol. The van der Waals surface area contributed by atoms with E-state index < -0.39 is 8.38 Å². The largest absolute Gasteiger partial charge is 0.345 e. The first-order valence-corrected chi connectivity index (χ1v) is 9.02. The topological polar surface area (TPSA) is 21.7 Å². The van der Waals surface area contributed by atoms with E-state index in [9.17, 15) is 0 Å². The molecule has 0 aliphatic heterocycles. The van der Waals surface area contributed by atoms with Crippen molar-refractivity contribution < 1.29 is 9.05 Å². The molecule has 2 rings (SSSR count). The SMILES string of the molecule is CCOP(Cc1ccc(N(C)c2ccccc2)cc1)OCC. The molecule has 0 bridgehead atoms. The smallest absolute Gasteiger partial charge is 0.175 e. The Bertz CT molecular complexity index is 539. The van der Waals surface area contributed by atoms with E-state index in [-0.39, 0.29) is 0 Å². The highest BCUT2D eigenvalue weighted by atomic mass is 31.2. The fraction of sp³-hybridized carbons (Fsp3) is 0.333. The lowest BCUT2D eigenvalue weighted by atomic mass is 10.2. The van der Waals surface area contributed by atoms with Gasteiger partial charge in [-0.2, -0.15) is 0 Å². The summed E-state index contributed by atoms with van der Waals surface area (Å²) in [6, 6.07) is 19.0. The molecule has 118 valence electrons. The molecular formula is C18H24NO2P. The van der Waals surface area contributed by atoms with Crippen LogP contribution in [0.25, 0.3) is 0 Å². The van der Waals surface area contributed by atoms with Gasteiger partial charge < -0.3 is 13.9 Å². The number of rotatable bonds is 8. The molecule has 0 saturated carbocycles. The van der Waals surface area contributed by atoms with Crippen LogP contribution >= 0.6 is 8.38 Å². The van der Waals surface area contributed by atoms with Gasteiger partial charge in [0.2, 0.25) is 0 Å². The lowest BCUT2D eigenvalue weighted by Gasteiger charge is -2.20. The van der Waals surface area contributed by atoms with Gasteiger partial charge in [-0.25, -0.2) is 0 Å². The number of hydrogen-bond acceptors (Lipinski definition) is 3. The summed E-state index contributed by atoms with van der Waals surface area (Å²) in [7, 11) is 1.26. The maximum atomic E-state index is 5.67. The van der Waals surface area contributed by atoms with Crippen LogP contribution in [0.15, 0.2) is 54.6 Å². The van der Waals surface area contributed by atoms with Crippen molar-refractivity contribution in [2.24, 2.45) is 0 Å². The summed E-state index contributed by atoms with van der Waals surface area (Å²) in [4.78, 5) is 2.18.